The van der Waals surface area contributed by atoms with E-state index in [1.165, 1.54) is 18.2 Å². The molecule has 0 unspecified atom stereocenters. The number of aromatic nitrogens is 1. The van der Waals surface area contributed by atoms with Crippen LogP contribution in [0, 0.1) is 0 Å². The van der Waals surface area contributed by atoms with Crippen LogP contribution in [0.3, 0.4) is 0 Å². The third kappa shape index (κ3) is 3.13. The molecule has 1 amide bonds. The molecule has 1 aromatic carbocycles. The summed E-state index contributed by atoms with van der Waals surface area (Å²) in [4.78, 5) is 17.3. The van der Waals surface area contributed by atoms with Crippen molar-refractivity contribution in [1.82, 2.24) is 9.88 Å². The molecule has 0 N–H and O–H groups in total. The third-order valence-electron chi connectivity index (χ3n) is 3.51. The maximum Gasteiger partial charge on any atom is 0.349 e. The first-order valence-electron chi connectivity index (χ1n) is 7.19. The van der Waals surface area contributed by atoms with Crippen molar-refractivity contribution >= 4 is 5.91 Å². The molecular weight excluding hydrogens is 286 g/mol. The minimum Gasteiger partial charge on any atom is -0.338 e. The molecule has 22 heavy (non-hydrogen) atoms. The van der Waals surface area contributed by atoms with Crippen LogP contribution >= 0.6 is 0 Å². The molecule has 0 saturated heterocycles. The Morgan fingerprint density at radius 3 is 2.45 bits per heavy atom. The van der Waals surface area contributed by atoms with E-state index >= 15 is 0 Å². The van der Waals surface area contributed by atoms with Crippen molar-refractivity contribution in [3.63, 3.8) is 0 Å². The van der Waals surface area contributed by atoms with Crippen LogP contribution in [0.15, 0.2) is 48.7 Å². The van der Waals surface area contributed by atoms with Crippen LogP contribution in [0.2, 0.25) is 0 Å². The minimum absolute atomic E-state index is 0.255. The van der Waals surface area contributed by atoms with Gasteiger partial charge in [0.15, 0.2) is 0 Å². The molecule has 0 bridgehead atoms. The van der Waals surface area contributed by atoms with Gasteiger partial charge in [0.05, 0.1) is 5.69 Å². The standard InChI is InChI=1S/C17H18F2N2O/c1-3-21(4-2)16(22)17(18,19)14-9-7-8-13(12-14)15-10-5-6-11-20-15/h5-12H,3-4H2,1-2H3. The zero-order valence-electron chi connectivity index (χ0n) is 12.6. The quantitative estimate of drug-likeness (QED) is 0.843. The monoisotopic (exact) mass is 304 g/mol. The number of alkyl halides is 2. The predicted octanol–water partition coefficient (Wildman–Crippen LogP) is 3.71. The second-order valence-electron chi connectivity index (χ2n) is 4.85. The minimum atomic E-state index is -3.54. The zero-order chi connectivity index (χ0) is 16.2. The van der Waals surface area contributed by atoms with Crippen LogP contribution in [0.4, 0.5) is 8.78 Å². The first-order chi connectivity index (χ1) is 10.5. The number of halogens is 2. The largest absolute Gasteiger partial charge is 0.349 e. The predicted molar refractivity (Wildman–Crippen MR) is 81.5 cm³/mol. The van der Waals surface area contributed by atoms with E-state index in [-0.39, 0.29) is 18.7 Å². The Bertz CT molecular complexity index is 640. The molecule has 0 aliphatic carbocycles. The van der Waals surface area contributed by atoms with Gasteiger partial charge in [0, 0.05) is 30.4 Å². The summed E-state index contributed by atoms with van der Waals surface area (Å²) < 4.78 is 28.9. The van der Waals surface area contributed by atoms with Crippen LogP contribution in [0.25, 0.3) is 11.3 Å². The van der Waals surface area contributed by atoms with E-state index in [9.17, 15) is 13.6 Å². The van der Waals surface area contributed by atoms with Gasteiger partial charge in [-0.25, -0.2) is 0 Å². The van der Waals surface area contributed by atoms with E-state index in [1.807, 2.05) is 0 Å². The number of amides is 1. The molecule has 0 radical (unpaired) electrons. The molecule has 5 heteroatoms. The zero-order valence-corrected chi connectivity index (χ0v) is 12.6. The highest BCUT2D eigenvalue weighted by Gasteiger charge is 2.43. The number of hydrogen-bond acceptors (Lipinski definition) is 2. The molecule has 2 rings (SSSR count). The van der Waals surface area contributed by atoms with E-state index in [4.69, 9.17) is 0 Å². The van der Waals surface area contributed by atoms with Gasteiger partial charge in [0.1, 0.15) is 0 Å². The van der Waals surface area contributed by atoms with Crippen molar-refractivity contribution in [3.05, 3.63) is 54.2 Å². The second-order valence-corrected chi connectivity index (χ2v) is 4.85. The highest BCUT2D eigenvalue weighted by Crippen LogP contribution is 2.32. The summed E-state index contributed by atoms with van der Waals surface area (Å²) in [5.41, 5.74) is 0.841. The number of benzene rings is 1. The fourth-order valence-electron chi connectivity index (χ4n) is 2.24. The van der Waals surface area contributed by atoms with Gasteiger partial charge >= 0.3 is 5.92 Å². The second kappa shape index (κ2) is 6.64. The van der Waals surface area contributed by atoms with Gasteiger partial charge in [-0.2, -0.15) is 8.78 Å². The maximum absolute atomic E-state index is 14.5. The third-order valence-corrected chi connectivity index (χ3v) is 3.51. The Morgan fingerprint density at radius 1 is 1.14 bits per heavy atom. The van der Waals surface area contributed by atoms with Gasteiger partial charge in [-0.3, -0.25) is 9.78 Å². The first-order valence-corrected chi connectivity index (χ1v) is 7.19. The van der Waals surface area contributed by atoms with Crippen molar-refractivity contribution in [1.29, 1.82) is 0 Å². The van der Waals surface area contributed by atoms with E-state index in [2.05, 4.69) is 4.98 Å². The summed E-state index contributed by atoms with van der Waals surface area (Å²) in [7, 11) is 0. The average Bonchev–Trinajstić information content (AvgIpc) is 2.57. The number of carbonyl (C=O) groups excluding carboxylic acids is 1. The van der Waals surface area contributed by atoms with Gasteiger partial charge < -0.3 is 4.90 Å². The molecule has 0 saturated carbocycles. The van der Waals surface area contributed by atoms with E-state index in [1.54, 1.807) is 44.3 Å². The summed E-state index contributed by atoms with van der Waals surface area (Å²) in [5, 5.41) is 0. The lowest BCUT2D eigenvalue weighted by molar-refractivity contribution is -0.158. The summed E-state index contributed by atoms with van der Waals surface area (Å²) >= 11 is 0. The Balaban J connectivity index is 2.38. The Kier molecular flexibility index (Phi) is 4.85. The molecule has 0 aliphatic heterocycles. The molecule has 1 heterocycles. The molecular formula is C17H18F2N2O. The van der Waals surface area contributed by atoms with Gasteiger partial charge in [-0.1, -0.05) is 24.3 Å². The number of nitrogens with zero attached hydrogens (tertiary/aromatic N) is 2. The Hall–Kier alpha value is -2.30. The van der Waals surface area contributed by atoms with Crippen LogP contribution in [0.1, 0.15) is 19.4 Å². The van der Waals surface area contributed by atoms with Crippen molar-refractivity contribution < 1.29 is 13.6 Å². The van der Waals surface area contributed by atoms with Crippen molar-refractivity contribution in [2.24, 2.45) is 0 Å². The van der Waals surface area contributed by atoms with E-state index < -0.39 is 11.8 Å². The van der Waals surface area contributed by atoms with Crippen LogP contribution < -0.4 is 0 Å². The molecule has 1 aromatic heterocycles. The summed E-state index contributed by atoms with van der Waals surface area (Å²) in [5.74, 6) is -4.72. The normalized spacial score (nSPS) is 11.3. The lowest BCUT2D eigenvalue weighted by Crippen LogP contribution is -2.41. The number of rotatable bonds is 5. The van der Waals surface area contributed by atoms with E-state index in [0.29, 0.717) is 11.3 Å². The number of carbonyl (C=O) groups is 1. The average molecular weight is 304 g/mol. The Morgan fingerprint density at radius 2 is 1.86 bits per heavy atom. The highest BCUT2D eigenvalue weighted by atomic mass is 19.3. The first kappa shape index (κ1) is 16.1. The molecule has 0 spiro atoms. The van der Waals surface area contributed by atoms with Crippen molar-refractivity contribution in [2.75, 3.05) is 13.1 Å². The molecule has 116 valence electrons. The van der Waals surface area contributed by atoms with E-state index in [0.717, 1.165) is 4.90 Å². The lowest BCUT2D eigenvalue weighted by atomic mass is 10.0. The fraction of sp³-hybridized carbons (Fsp3) is 0.294. The smallest absolute Gasteiger partial charge is 0.338 e. The SMILES string of the molecule is CCN(CC)C(=O)C(F)(F)c1cccc(-c2ccccn2)c1. The molecule has 0 aliphatic rings. The summed E-state index contributed by atoms with van der Waals surface area (Å²) in [6, 6.07) is 11.1. The number of pyridine rings is 1. The molecule has 3 nitrogen and oxygen atoms in total. The van der Waals surface area contributed by atoms with Gasteiger partial charge in [-0.15, -0.1) is 0 Å². The highest BCUT2D eigenvalue weighted by molar-refractivity contribution is 5.85. The topological polar surface area (TPSA) is 33.2 Å². The molecule has 2 aromatic rings. The van der Waals surface area contributed by atoms with Crippen molar-refractivity contribution in [2.45, 2.75) is 19.8 Å². The van der Waals surface area contributed by atoms with Crippen LogP contribution in [0.5, 0.6) is 0 Å². The molecule has 0 atom stereocenters. The Labute approximate surface area is 128 Å². The molecule has 0 fully saturated rings. The lowest BCUT2D eigenvalue weighted by Gasteiger charge is -2.25. The van der Waals surface area contributed by atoms with Crippen molar-refractivity contribution in [3.8, 4) is 11.3 Å². The number of likely N-dealkylation sites (N-methyl/N-ethyl adjacent to an activating group) is 1. The van der Waals surface area contributed by atoms with Crippen LogP contribution in [-0.4, -0.2) is 28.9 Å². The van der Waals surface area contributed by atoms with Gasteiger partial charge in [0.25, 0.3) is 5.91 Å². The van der Waals surface area contributed by atoms with Crippen LogP contribution in [-0.2, 0) is 10.7 Å². The summed E-state index contributed by atoms with van der Waals surface area (Å²) in [6.07, 6.45) is 1.60. The summed E-state index contributed by atoms with van der Waals surface area (Å²) in [6.45, 7) is 3.87. The maximum atomic E-state index is 14.5. The van der Waals surface area contributed by atoms with Gasteiger partial charge in [0.2, 0.25) is 0 Å². The number of hydrogen-bond donors (Lipinski definition) is 0. The fourth-order valence-corrected chi connectivity index (χ4v) is 2.24. The van der Waals surface area contributed by atoms with Gasteiger partial charge in [-0.05, 0) is 32.0 Å².